The van der Waals surface area contributed by atoms with E-state index in [2.05, 4.69) is 25.7 Å². The molecule has 2 aliphatic rings. The topological polar surface area (TPSA) is 51.2 Å². The maximum atomic E-state index is 9.87. The fourth-order valence-electron chi connectivity index (χ4n) is 4.19. The Kier molecular flexibility index (Phi) is 6.54. The van der Waals surface area contributed by atoms with E-state index in [0.29, 0.717) is 25.0 Å². The molecule has 3 atom stereocenters. The summed E-state index contributed by atoms with van der Waals surface area (Å²) in [6.45, 7) is 10.1. The number of benzene rings is 2. The zero-order valence-corrected chi connectivity index (χ0v) is 18.7. The van der Waals surface area contributed by atoms with E-state index in [-0.39, 0.29) is 5.75 Å². The first-order valence-corrected chi connectivity index (χ1v) is 11.3. The van der Waals surface area contributed by atoms with E-state index in [9.17, 15) is 5.11 Å². The second-order valence-electron chi connectivity index (χ2n) is 8.75. The molecule has 0 saturated carbocycles. The fourth-order valence-corrected chi connectivity index (χ4v) is 4.19. The van der Waals surface area contributed by atoms with Gasteiger partial charge in [-0.3, -0.25) is 4.90 Å². The third-order valence-electron chi connectivity index (χ3n) is 6.09. The molecule has 31 heavy (non-hydrogen) atoms. The Morgan fingerprint density at radius 3 is 2.74 bits per heavy atom. The van der Waals surface area contributed by atoms with Gasteiger partial charge in [0, 0.05) is 29.8 Å². The predicted octanol–water partition coefficient (Wildman–Crippen LogP) is 5.19. The standard InChI is InChI=1S/C26H33NO4/c1-4-15-30-26(13-11-21-5-8-23(28)16-25(21)31-26)22-6-9-24(10-7-22)29-18-20(3)27-14-12-19(2)17-27/h5-11,13,16,19-20,28H,4,12,14-15,17-18H2,1-3H3/t19-,20+,26?/m1/s1. The lowest BCUT2D eigenvalue weighted by Gasteiger charge is -2.35. The van der Waals surface area contributed by atoms with Crippen molar-refractivity contribution >= 4 is 6.08 Å². The zero-order chi connectivity index (χ0) is 21.8. The lowest BCUT2D eigenvalue weighted by Crippen LogP contribution is -2.36. The van der Waals surface area contributed by atoms with E-state index in [1.807, 2.05) is 42.5 Å². The minimum absolute atomic E-state index is 0.170. The number of ether oxygens (including phenoxy) is 3. The summed E-state index contributed by atoms with van der Waals surface area (Å²) in [5.74, 6) is 1.37. The molecule has 2 heterocycles. The first-order chi connectivity index (χ1) is 15.0. The van der Waals surface area contributed by atoms with Crippen molar-refractivity contribution < 1.29 is 19.3 Å². The molecule has 4 rings (SSSR count). The molecule has 2 aromatic rings. The van der Waals surface area contributed by atoms with Crippen LogP contribution in [0.25, 0.3) is 6.08 Å². The van der Waals surface area contributed by atoms with Crippen molar-refractivity contribution in [2.24, 2.45) is 5.92 Å². The Morgan fingerprint density at radius 1 is 1.23 bits per heavy atom. The summed E-state index contributed by atoms with van der Waals surface area (Å²) < 4.78 is 18.5. The van der Waals surface area contributed by atoms with Crippen LogP contribution in [0.2, 0.25) is 0 Å². The maximum Gasteiger partial charge on any atom is 0.257 e. The molecule has 5 heteroatoms. The van der Waals surface area contributed by atoms with Gasteiger partial charge in [-0.05, 0) is 80.8 Å². The van der Waals surface area contributed by atoms with Crippen LogP contribution in [0.4, 0.5) is 0 Å². The third kappa shape index (κ3) is 4.89. The lowest BCUT2D eigenvalue weighted by atomic mass is 10.00. The normalized spacial score (nSPS) is 23.9. The van der Waals surface area contributed by atoms with Gasteiger partial charge in [-0.15, -0.1) is 0 Å². The van der Waals surface area contributed by atoms with Gasteiger partial charge in [0.25, 0.3) is 5.79 Å². The van der Waals surface area contributed by atoms with Crippen LogP contribution in [-0.4, -0.2) is 42.4 Å². The maximum absolute atomic E-state index is 9.87. The Bertz CT molecular complexity index is 910. The minimum atomic E-state index is -1.02. The van der Waals surface area contributed by atoms with Crippen LogP contribution < -0.4 is 9.47 Å². The lowest BCUT2D eigenvalue weighted by molar-refractivity contribution is -0.155. The van der Waals surface area contributed by atoms with E-state index in [0.717, 1.165) is 42.3 Å². The molecule has 0 radical (unpaired) electrons. The highest BCUT2D eigenvalue weighted by molar-refractivity contribution is 5.63. The molecule has 1 fully saturated rings. The average Bonchev–Trinajstić information content (AvgIpc) is 3.22. The van der Waals surface area contributed by atoms with E-state index < -0.39 is 5.79 Å². The van der Waals surface area contributed by atoms with Crippen LogP contribution in [0.15, 0.2) is 48.5 Å². The van der Waals surface area contributed by atoms with Gasteiger partial charge in [0.15, 0.2) is 0 Å². The highest BCUT2D eigenvalue weighted by atomic mass is 16.7. The predicted molar refractivity (Wildman–Crippen MR) is 122 cm³/mol. The van der Waals surface area contributed by atoms with Crippen LogP contribution >= 0.6 is 0 Å². The Labute approximate surface area is 185 Å². The number of rotatable bonds is 8. The molecular formula is C26H33NO4. The van der Waals surface area contributed by atoms with Crippen molar-refractivity contribution in [3.8, 4) is 17.2 Å². The van der Waals surface area contributed by atoms with Crippen molar-refractivity contribution in [2.75, 3.05) is 26.3 Å². The summed E-state index contributed by atoms with van der Waals surface area (Å²) in [4.78, 5) is 2.50. The molecule has 2 aromatic carbocycles. The van der Waals surface area contributed by atoms with Gasteiger partial charge < -0.3 is 19.3 Å². The SMILES string of the molecule is CCCOC1(c2ccc(OC[C@H](C)N3CC[C@@H](C)C3)cc2)C=Cc2ccc(O)cc2O1. The number of fused-ring (bicyclic) bond motifs is 1. The van der Waals surface area contributed by atoms with Crippen LogP contribution in [0.5, 0.6) is 17.2 Å². The summed E-state index contributed by atoms with van der Waals surface area (Å²) in [6.07, 6.45) is 6.07. The molecule has 0 bridgehead atoms. The molecule has 2 aliphatic heterocycles. The van der Waals surface area contributed by atoms with Crippen LogP contribution in [0.1, 0.15) is 44.7 Å². The fraction of sp³-hybridized carbons (Fsp3) is 0.462. The largest absolute Gasteiger partial charge is 0.508 e. The summed E-state index contributed by atoms with van der Waals surface area (Å²) in [6, 6.07) is 13.4. The van der Waals surface area contributed by atoms with Crippen molar-refractivity contribution in [2.45, 2.75) is 45.4 Å². The summed E-state index contributed by atoms with van der Waals surface area (Å²) >= 11 is 0. The highest BCUT2D eigenvalue weighted by Gasteiger charge is 2.36. The van der Waals surface area contributed by atoms with Gasteiger partial charge in [-0.2, -0.15) is 0 Å². The van der Waals surface area contributed by atoms with Crippen LogP contribution in [0, 0.1) is 5.92 Å². The van der Waals surface area contributed by atoms with Crippen LogP contribution in [0.3, 0.4) is 0 Å². The molecule has 0 amide bonds. The molecule has 1 saturated heterocycles. The number of nitrogens with zero attached hydrogens (tertiary/aromatic N) is 1. The first kappa shape index (κ1) is 21.7. The number of phenols is 1. The molecule has 0 spiro atoms. The average molecular weight is 424 g/mol. The highest BCUT2D eigenvalue weighted by Crippen LogP contribution is 2.40. The zero-order valence-electron chi connectivity index (χ0n) is 18.7. The molecule has 1 N–H and O–H groups in total. The second kappa shape index (κ2) is 9.33. The van der Waals surface area contributed by atoms with E-state index in [1.165, 1.54) is 6.42 Å². The van der Waals surface area contributed by atoms with E-state index in [4.69, 9.17) is 14.2 Å². The molecule has 0 aromatic heterocycles. The van der Waals surface area contributed by atoms with Gasteiger partial charge in [0.05, 0.1) is 6.61 Å². The Balaban J connectivity index is 1.47. The third-order valence-corrected chi connectivity index (χ3v) is 6.09. The minimum Gasteiger partial charge on any atom is -0.508 e. The number of aromatic hydroxyl groups is 1. The van der Waals surface area contributed by atoms with Crippen molar-refractivity contribution in [1.29, 1.82) is 0 Å². The van der Waals surface area contributed by atoms with Gasteiger partial charge >= 0.3 is 0 Å². The molecule has 166 valence electrons. The second-order valence-corrected chi connectivity index (χ2v) is 8.75. The Morgan fingerprint density at radius 2 is 2.03 bits per heavy atom. The molecule has 0 aliphatic carbocycles. The van der Waals surface area contributed by atoms with Gasteiger partial charge in [-0.1, -0.05) is 13.8 Å². The first-order valence-electron chi connectivity index (χ1n) is 11.3. The van der Waals surface area contributed by atoms with Gasteiger partial charge in [0.1, 0.15) is 23.9 Å². The van der Waals surface area contributed by atoms with Crippen molar-refractivity contribution in [3.05, 3.63) is 59.7 Å². The van der Waals surface area contributed by atoms with Gasteiger partial charge in [-0.25, -0.2) is 0 Å². The van der Waals surface area contributed by atoms with Crippen LogP contribution in [-0.2, 0) is 10.5 Å². The monoisotopic (exact) mass is 423 g/mol. The number of hydrogen-bond donors (Lipinski definition) is 1. The van der Waals surface area contributed by atoms with E-state index in [1.54, 1.807) is 12.1 Å². The smallest absolute Gasteiger partial charge is 0.257 e. The quantitative estimate of drug-likeness (QED) is 0.633. The summed E-state index contributed by atoms with van der Waals surface area (Å²) in [5.41, 5.74) is 1.80. The number of likely N-dealkylation sites (tertiary alicyclic amines) is 1. The van der Waals surface area contributed by atoms with E-state index >= 15 is 0 Å². The van der Waals surface area contributed by atoms with Crippen molar-refractivity contribution in [3.63, 3.8) is 0 Å². The molecule has 1 unspecified atom stereocenters. The summed E-state index contributed by atoms with van der Waals surface area (Å²) in [7, 11) is 0. The van der Waals surface area contributed by atoms with Crippen molar-refractivity contribution in [1.82, 2.24) is 4.90 Å². The Hall–Kier alpha value is -2.50. The number of hydrogen-bond acceptors (Lipinski definition) is 5. The molecular weight excluding hydrogens is 390 g/mol. The summed E-state index contributed by atoms with van der Waals surface area (Å²) in [5, 5.41) is 9.87. The molecule has 5 nitrogen and oxygen atoms in total. The number of phenolic OH excluding ortho intramolecular Hbond substituents is 1. The van der Waals surface area contributed by atoms with Gasteiger partial charge in [0.2, 0.25) is 0 Å².